The molecular formula is C23H22N2O2. The Kier molecular flexibility index (Phi) is 4.52. The number of imidazole rings is 1. The second-order valence-electron chi connectivity index (χ2n) is 6.60. The first-order valence-electron chi connectivity index (χ1n) is 9.12. The van der Waals surface area contributed by atoms with Gasteiger partial charge in [0.05, 0.1) is 17.6 Å². The average molecular weight is 358 g/mol. The summed E-state index contributed by atoms with van der Waals surface area (Å²) in [5, 5.41) is 21.5. The third-order valence-electron chi connectivity index (χ3n) is 5.02. The van der Waals surface area contributed by atoms with Crippen LogP contribution in [0.3, 0.4) is 0 Å². The summed E-state index contributed by atoms with van der Waals surface area (Å²) in [4.78, 5) is 4.82. The minimum Gasteiger partial charge on any atom is -0.392 e. The summed E-state index contributed by atoms with van der Waals surface area (Å²) in [6.07, 6.45) is 0. The summed E-state index contributed by atoms with van der Waals surface area (Å²) in [6.45, 7) is 2.66. The maximum atomic E-state index is 12.0. The molecular weight excluding hydrogens is 336 g/mol. The van der Waals surface area contributed by atoms with Crippen LogP contribution in [-0.4, -0.2) is 19.8 Å². The summed E-state index contributed by atoms with van der Waals surface area (Å²) in [5.41, 5.74) is 2.69. The lowest BCUT2D eigenvalue weighted by molar-refractivity contribution is 0.112. The SMILES string of the molecule is CCn1c(C(O)(c2ccccc2)c2ccccc2)nc2ccc(CO)cc21. The minimum absolute atomic E-state index is 0.0260. The van der Waals surface area contributed by atoms with Gasteiger partial charge in [0.25, 0.3) is 0 Å². The predicted octanol–water partition coefficient (Wildman–Crippen LogP) is 3.83. The molecule has 0 spiro atoms. The van der Waals surface area contributed by atoms with E-state index in [1.807, 2.05) is 90.4 Å². The van der Waals surface area contributed by atoms with Gasteiger partial charge in [-0.05, 0) is 35.7 Å². The Morgan fingerprint density at radius 3 is 2.00 bits per heavy atom. The lowest BCUT2D eigenvalue weighted by Gasteiger charge is -2.29. The standard InChI is InChI=1S/C23H22N2O2/c1-2-25-21-15-17(16-26)13-14-20(21)24-22(25)23(27,18-9-5-3-6-10-18)19-11-7-4-8-12-19/h3-15,26-27H,2,16H2,1H3. The molecule has 27 heavy (non-hydrogen) atoms. The van der Waals surface area contributed by atoms with Gasteiger partial charge in [0.15, 0.2) is 11.4 Å². The van der Waals surface area contributed by atoms with Crippen molar-refractivity contribution in [3.05, 3.63) is 101 Å². The summed E-state index contributed by atoms with van der Waals surface area (Å²) < 4.78 is 2.02. The summed E-state index contributed by atoms with van der Waals surface area (Å²) in [5.74, 6) is 0.576. The van der Waals surface area contributed by atoms with Gasteiger partial charge >= 0.3 is 0 Å². The molecule has 0 aliphatic carbocycles. The smallest absolute Gasteiger partial charge is 0.173 e. The summed E-state index contributed by atoms with van der Waals surface area (Å²) >= 11 is 0. The molecule has 0 saturated carbocycles. The van der Waals surface area contributed by atoms with E-state index in [9.17, 15) is 10.2 Å². The first-order valence-corrected chi connectivity index (χ1v) is 9.12. The molecule has 3 aromatic carbocycles. The van der Waals surface area contributed by atoms with Crippen molar-refractivity contribution in [2.45, 2.75) is 25.7 Å². The number of aliphatic hydroxyl groups excluding tert-OH is 1. The number of hydrogen-bond acceptors (Lipinski definition) is 3. The largest absolute Gasteiger partial charge is 0.392 e. The fourth-order valence-electron chi connectivity index (χ4n) is 3.65. The van der Waals surface area contributed by atoms with E-state index < -0.39 is 5.60 Å². The zero-order chi connectivity index (χ0) is 18.9. The van der Waals surface area contributed by atoms with E-state index in [0.717, 1.165) is 27.7 Å². The molecule has 1 aromatic heterocycles. The Hall–Kier alpha value is -2.95. The van der Waals surface area contributed by atoms with Gasteiger partial charge in [-0.15, -0.1) is 0 Å². The van der Waals surface area contributed by atoms with Crippen molar-refractivity contribution < 1.29 is 10.2 Å². The third kappa shape index (κ3) is 2.83. The maximum absolute atomic E-state index is 12.0. The van der Waals surface area contributed by atoms with E-state index in [-0.39, 0.29) is 6.61 Å². The van der Waals surface area contributed by atoms with Crippen LogP contribution in [0, 0.1) is 0 Å². The van der Waals surface area contributed by atoms with Crippen LogP contribution in [0.2, 0.25) is 0 Å². The van der Waals surface area contributed by atoms with Crippen molar-refractivity contribution in [3.8, 4) is 0 Å². The molecule has 0 radical (unpaired) electrons. The monoisotopic (exact) mass is 358 g/mol. The Bertz CT molecular complexity index is 1020. The van der Waals surface area contributed by atoms with Crippen molar-refractivity contribution in [1.82, 2.24) is 9.55 Å². The predicted molar refractivity (Wildman–Crippen MR) is 106 cm³/mol. The van der Waals surface area contributed by atoms with Crippen molar-refractivity contribution in [3.63, 3.8) is 0 Å². The Morgan fingerprint density at radius 1 is 0.889 bits per heavy atom. The van der Waals surface area contributed by atoms with Crippen LogP contribution in [0.15, 0.2) is 78.9 Å². The normalized spacial score (nSPS) is 11.8. The zero-order valence-corrected chi connectivity index (χ0v) is 15.2. The molecule has 1 heterocycles. The van der Waals surface area contributed by atoms with Crippen LogP contribution in [0.25, 0.3) is 11.0 Å². The van der Waals surface area contributed by atoms with Crippen molar-refractivity contribution in [2.75, 3.05) is 0 Å². The molecule has 0 aliphatic heterocycles. The van der Waals surface area contributed by atoms with Crippen LogP contribution in [0.5, 0.6) is 0 Å². The second kappa shape index (κ2) is 6.99. The number of nitrogens with zero attached hydrogens (tertiary/aromatic N) is 2. The Balaban J connectivity index is 2.04. The van der Waals surface area contributed by atoms with Gasteiger partial charge < -0.3 is 14.8 Å². The molecule has 0 bridgehead atoms. The van der Waals surface area contributed by atoms with Crippen LogP contribution < -0.4 is 0 Å². The van der Waals surface area contributed by atoms with Crippen LogP contribution >= 0.6 is 0 Å². The number of aryl methyl sites for hydroxylation is 1. The lowest BCUT2D eigenvalue weighted by Crippen LogP contribution is -2.32. The molecule has 4 aromatic rings. The molecule has 0 aliphatic rings. The van der Waals surface area contributed by atoms with Crippen LogP contribution in [0.1, 0.15) is 29.4 Å². The fraction of sp³-hybridized carbons (Fsp3) is 0.174. The van der Waals surface area contributed by atoms with Gasteiger partial charge in [0.2, 0.25) is 0 Å². The highest BCUT2D eigenvalue weighted by molar-refractivity contribution is 5.77. The molecule has 0 fully saturated rings. The van der Waals surface area contributed by atoms with Gasteiger partial charge in [0, 0.05) is 6.54 Å². The quantitative estimate of drug-likeness (QED) is 0.570. The molecule has 0 saturated heterocycles. The second-order valence-corrected chi connectivity index (χ2v) is 6.60. The van der Waals surface area contributed by atoms with E-state index in [4.69, 9.17) is 4.98 Å². The number of rotatable bonds is 5. The van der Waals surface area contributed by atoms with Crippen LogP contribution in [0.4, 0.5) is 0 Å². The Morgan fingerprint density at radius 2 is 1.48 bits per heavy atom. The van der Waals surface area contributed by atoms with Crippen LogP contribution in [-0.2, 0) is 18.8 Å². The fourth-order valence-corrected chi connectivity index (χ4v) is 3.65. The number of benzene rings is 3. The molecule has 4 heteroatoms. The number of aromatic nitrogens is 2. The molecule has 0 amide bonds. The van der Waals surface area contributed by atoms with Gasteiger partial charge in [-0.3, -0.25) is 0 Å². The molecule has 0 atom stereocenters. The van der Waals surface area contributed by atoms with E-state index >= 15 is 0 Å². The first-order chi connectivity index (χ1) is 13.2. The van der Waals surface area contributed by atoms with Crippen molar-refractivity contribution in [1.29, 1.82) is 0 Å². The lowest BCUT2D eigenvalue weighted by atomic mass is 9.85. The summed E-state index contributed by atoms with van der Waals surface area (Å²) in [6, 6.07) is 24.9. The molecule has 4 nitrogen and oxygen atoms in total. The van der Waals surface area contributed by atoms with Crippen molar-refractivity contribution >= 4 is 11.0 Å². The first kappa shape index (κ1) is 17.5. The minimum atomic E-state index is -1.38. The molecule has 4 rings (SSSR count). The molecule has 136 valence electrons. The van der Waals surface area contributed by atoms with Gasteiger partial charge in [-0.25, -0.2) is 4.98 Å². The van der Waals surface area contributed by atoms with E-state index in [1.165, 1.54) is 0 Å². The van der Waals surface area contributed by atoms with E-state index in [1.54, 1.807) is 0 Å². The number of hydrogen-bond donors (Lipinski definition) is 2. The maximum Gasteiger partial charge on any atom is 0.173 e. The molecule has 2 N–H and O–H groups in total. The highest BCUT2D eigenvalue weighted by Crippen LogP contribution is 2.37. The van der Waals surface area contributed by atoms with Gasteiger partial charge in [-0.2, -0.15) is 0 Å². The highest BCUT2D eigenvalue weighted by atomic mass is 16.3. The van der Waals surface area contributed by atoms with E-state index in [2.05, 4.69) is 0 Å². The highest BCUT2D eigenvalue weighted by Gasteiger charge is 2.38. The number of fused-ring (bicyclic) bond motifs is 1. The molecule has 0 unspecified atom stereocenters. The zero-order valence-electron chi connectivity index (χ0n) is 15.2. The van der Waals surface area contributed by atoms with E-state index in [0.29, 0.717) is 12.4 Å². The third-order valence-corrected chi connectivity index (χ3v) is 5.02. The summed E-state index contributed by atoms with van der Waals surface area (Å²) in [7, 11) is 0. The number of aliphatic hydroxyl groups is 2. The van der Waals surface area contributed by atoms with Gasteiger partial charge in [-0.1, -0.05) is 66.7 Å². The Labute approximate surface area is 158 Å². The topological polar surface area (TPSA) is 58.3 Å². The van der Waals surface area contributed by atoms with Gasteiger partial charge in [0.1, 0.15) is 0 Å². The van der Waals surface area contributed by atoms with Crippen molar-refractivity contribution in [2.24, 2.45) is 0 Å². The average Bonchev–Trinajstić information content (AvgIpc) is 3.12.